The van der Waals surface area contributed by atoms with Crippen LogP contribution in [0, 0.1) is 0 Å². The quantitative estimate of drug-likeness (QED) is 0.848. The van der Waals surface area contributed by atoms with Gasteiger partial charge in [-0.15, -0.1) is 0 Å². The topological polar surface area (TPSA) is 72.1 Å². The van der Waals surface area contributed by atoms with Crippen molar-refractivity contribution < 1.29 is 9.47 Å². The van der Waals surface area contributed by atoms with Crippen molar-refractivity contribution in [2.24, 2.45) is 0 Å². The summed E-state index contributed by atoms with van der Waals surface area (Å²) in [5, 5.41) is 3.28. The third-order valence-corrected chi connectivity index (χ3v) is 2.86. The van der Waals surface area contributed by atoms with E-state index in [1.165, 1.54) is 0 Å². The molecule has 1 aliphatic rings. The second-order valence-electron chi connectivity index (χ2n) is 4.14. The molecule has 0 aliphatic carbocycles. The first kappa shape index (κ1) is 11.4. The number of fused-ring (bicyclic) bond motifs is 1. The molecule has 0 radical (unpaired) electrons. The molecule has 2 aromatic rings. The summed E-state index contributed by atoms with van der Waals surface area (Å²) in [6.45, 7) is 4.91. The summed E-state index contributed by atoms with van der Waals surface area (Å²) in [6, 6.07) is 3.77. The number of nitrogens with zero attached hydrogens (tertiary/aromatic N) is 2. The lowest BCUT2D eigenvalue weighted by molar-refractivity contribution is 0.0228. The van der Waals surface area contributed by atoms with Gasteiger partial charge in [0.2, 0.25) is 5.88 Å². The normalized spacial score (nSPS) is 20.2. The average molecular weight is 248 g/mol. The molecule has 1 aliphatic heterocycles. The number of aromatic amines is 1. The summed E-state index contributed by atoms with van der Waals surface area (Å²) in [5.74, 6) is 1.42. The zero-order valence-electron chi connectivity index (χ0n) is 10.3. The molecule has 96 valence electrons. The average Bonchev–Trinajstić information content (AvgIpc) is 2.83. The summed E-state index contributed by atoms with van der Waals surface area (Å²) < 4.78 is 11.0. The summed E-state index contributed by atoms with van der Waals surface area (Å²) in [4.78, 5) is 12.0. The Hall–Kier alpha value is -1.66. The molecule has 6 nitrogen and oxygen atoms in total. The first-order valence-electron chi connectivity index (χ1n) is 6.18. The fourth-order valence-corrected chi connectivity index (χ4v) is 2.02. The smallest absolute Gasteiger partial charge is 0.215 e. The van der Waals surface area contributed by atoms with Crippen LogP contribution in [-0.2, 0) is 4.74 Å². The Kier molecular flexibility index (Phi) is 3.12. The fourth-order valence-electron chi connectivity index (χ4n) is 2.02. The van der Waals surface area contributed by atoms with Crippen molar-refractivity contribution in [3.05, 3.63) is 18.0 Å². The van der Waals surface area contributed by atoms with Crippen LogP contribution in [0.2, 0.25) is 0 Å². The standard InChI is InChI=1S/C12H16N4O2/c1-2-17-10-4-3-8-11(15-10)16-12(14-8)9-7-13-5-6-18-9/h3-4,9,13H,2,5-7H2,1H3,(H,14,15,16). The van der Waals surface area contributed by atoms with Gasteiger partial charge in [0.05, 0.1) is 18.7 Å². The maximum Gasteiger partial charge on any atom is 0.215 e. The number of rotatable bonds is 3. The minimum atomic E-state index is -0.0245. The van der Waals surface area contributed by atoms with E-state index in [0.717, 1.165) is 24.4 Å². The molecule has 1 atom stereocenters. The highest BCUT2D eigenvalue weighted by Crippen LogP contribution is 2.20. The molecule has 3 rings (SSSR count). The van der Waals surface area contributed by atoms with E-state index in [9.17, 15) is 0 Å². The van der Waals surface area contributed by atoms with Crippen molar-refractivity contribution >= 4 is 11.2 Å². The lowest BCUT2D eigenvalue weighted by Crippen LogP contribution is -2.33. The van der Waals surface area contributed by atoms with Crippen LogP contribution in [0.1, 0.15) is 18.9 Å². The number of hydrogen-bond acceptors (Lipinski definition) is 5. The van der Waals surface area contributed by atoms with E-state index in [0.29, 0.717) is 24.7 Å². The number of hydrogen-bond donors (Lipinski definition) is 2. The van der Waals surface area contributed by atoms with E-state index >= 15 is 0 Å². The van der Waals surface area contributed by atoms with Crippen molar-refractivity contribution in [1.82, 2.24) is 20.3 Å². The fraction of sp³-hybridized carbons (Fsp3) is 0.500. The van der Waals surface area contributed by atoms with Crippen LogP contribution in [0.15, 0.2) is 12.1 Å². The predicted octanol–water partition coefficient (Wildman–Crippen LogP) is 1.02. The number of H-pyrrole nitrogens is 1. The highest BCUT2D eigenvalue weighted by molar-refractivity contribution is 5.71. The lowest BCUT2D eigenvalue weighted by Gasteiger charge is -2.21. The summed E-state index contributed by atoms with van der Waals surface area (Å²) >= 11 is 0. The lowest BCUT2D eigenvalue weighted by atomic mass is 10.3. The SMILES string of the molecule is CCOc1ccc2[nH]c(C3CNCCO3)nc2n1. The Morgan fingerprint density at radius 3 is 3.17 bits per heavy atom. The molecular formula is C12H16N4O2. The van der Waals surface area contributed by atoms with Gasteiger partial charge in [0.15, 0.2) is 5.65 Å². The minimum Gasteiger partial charge on any atom is -0.478 e. The number of pyridine rings is 1. The van der Waals surface area contributed by atoms with Gasteiger partial charge in [-0.05, 0) is 13.0 Å². The Morgan fingerprint density at radius 2 is 2.39 bits per heavy atom. The molecule has 3 heterocycles. The monoisotopic (exact) mass is 248 g/mol. The zero-order valence-corrected chi connectivity index (χ0v) is 10.3. The first-order valence-corrected chi connectivity index (χ1v) is 6.18. The Labute approximate surface area is 105 Å². The van der Waals surface area contributed by atoms with E-state index in [-0.39, 0.29) is 6.10 Å². The molecule has 1 fully saturated rings. The second-order valence-corrected chi connectivity index (χ2v) is 4.14. The van der Waals surface area contributed by atoms with Gasteiger partial charge in [-0.2, -0.15) is 4.98 Å². The van der Waals surface area contributed by atoms with E-state index in [1.807, 2.05) is 19.1 Å². The van der Waals surface area contributed by atoms with Crippen LogP contribution >= 0.6 is 0 Å². The molecule has 18 heavy (non-hydrogen) atoms. The highest BCUT2D eigenvalue weighted by Gasteiger charge is 2.19. The van der Waals surface area contributed by atoms with Crippen LogP contribution in [0.4, 0.5) is 0 Å². The molecule has 0 spiro atoms. The molecular weight excluding hydrogens is 232 g/mol. The maximum absolute atomic E-state index is 5.66. The third-order valence-electron chi connectivity index (χ3n) is 2.86. The van der Waals surface area contributed by atoms with Crippen LogP contribution in [0.5, 0.6) is 5.88 Å². The van der Waals surface area contributed by atoms with Crippen molar-refractivity contribution in [3.63, 3.8) is 0 Å². The third kappa shape index (κ3) is 2.16. The first-order chi connectivity index (χ1) is 8.86. The number of nitrogens with one attached hydrogen (secondary N) is 2. The molecule has 0 aromatic carbocycles. The van der Waals surface area contributed by atoms with Gasteiger partial charge in [-0.3, -0.25) is 0 Å². The van der Waals surface area contributed by atoms with Crippen molar-refractivity contribution in [3.8, 4) is 5.88 Å². The number of aromatic nitrogens is 3. The second kappa shape index (κ2) is 4.91. The molecule has 0 bridgehead atoms. The molecule has 0 saturated carbocycles. The number of imidazole rings is 1. The highest BCUT2D eigenvalue weighted by atomic mass is 16.5. The molecule has 1 unspecified atom stereocenters. The maximum atomic E-state index is 5.66. The zero-order chi connectivity index (χ0) is 12.4. The predicted molar refractivity (Wildman–Crippen MR) is 66.6 cm³/mol. The van der Waals surface area contributed by atoms with Gasteiger partial charge in [0.1, 0.15) is 11.9 Å². The van der Waals surface area contributed by atoms with Gasteiger partial charge < -0.3 is 19.8 Å². The molecule has 2 aromatic heterocycles. The summed E-state index contributed by atoms with van der Waals surface area (Å²) in [6.07, 6.45) is -0.0245. The van der Waals surface area contributed by atoms with Gasteiger partial charge in [-0.1, -0.05) is 0 Å². The molecule has 2 N–H and O–H groups in total. The van der Waals surface area contributed by atoms with Crippen molar-refractivity contribution in [2.75, 3.05) is 26.3 Å². The van der Waals surface area contributed by atoms with Crippen molar-refractivity contribution in [2.45, 2.75) is 13.0 Å². The molecule has 1 saturated heterocycles. The number of ether oxygens (including phenoxy) is 2. The van der Waals surface area contributed by atoms with Gasteiger partial charge in [0, 0.05) is 19.2 Å². The minimum absolute atomic E-state index is 0.0245. The molecule has 0 amide bonds. The van der Waals surface area contributed by atoms with Crippen LogP contribution in [-0.4, -0.2) is 41.3 Å². The Balaban J connectivity index is 1.89. The number of morpholine rings is 1. The van der Waals surface area contributed by atoms with E-state index < -0.39 is 0 Å². The van der Waals surface area contributed by atoms with Crippen LogP contribution in [0.25, 0.3) is 11.2 Å². The van der Waals surface area contributed by atoms with E-state index in [4.69, 9.17) is 9.47 Å². The summed E-state index contributed by atoms with van der Waals surface area (Å²) in [5.41, 5.74) is 1.58. The summed E-state index contributed by atoms with van der Waals surface area (Å²) in [7, 11) is 0. The van der Waals surface area contributed by atoms with Crippen LogP contribution < -0.4 is 10.1 Å². The van der Waals surface area contributed by atoms with E-state index in [1.54, 1.807) is 0 Å². The van der Waals surface area contributed by atoms with Gasteiger partial charge in [-0.25, -0.2) is 4.98 Å². The van der Waals surface area contributed by atoms with Gasteiger partial charge >= 0.3 is 0 Å². The Bertz CT molecular complexity index is 534. The van der Waals surface area contributed by atoms with Crippen molar-refractivity contribution in [1.29, 1.82) is 0 Å². The van der Waals surface area contributed by atoms with E-state index in [2.05, 4.69) is 20.3 Å². The Morgan fingerprint density at radius 1 is 1.44 bits per heavy atom. The van der Waals surface area contributed by atoms with Gasteiger partial charge in [0.25, 0.3) is 0 Å². The largest absolute Gasteiger partial charge is 0.478 e. The van der Waals surface area contributed by atoms with Crippen LogP contribution in [0.3, 0.4) is 0 Å². The molecule has 6 heteroatoms.